The number of hydrazone groups is 1. The number of ether oxygens (including phenoxy) is 1. The van der Waals surface area contributed by atoms with Gasteiger partial charge in [0.15, 0.2) is 0 Å². The lowest BCUT2D eigenvalue weighted by molar-refractivity contribution is -0.123. The van der Waals surface area contributed by atoms with E-state index in [4.69, 9.17) is 16.3 Å². The molecular weight excluding hydrogens is 366 g/mol. The van der Waals surface area contributed by atoms with Crippen molar-refractivity contribution in [2.24, 2.45) is 11.0 Å². The van der Waals surface area contributed by atoms with Gasteiger partial charge in [0.2, 0.25) is 0 Å². The predicted molar refractivity (Wildman–Crippen MR) is 106 cm³/mol. The molecule has 0 fully saturated rings. The number of amides is 2. The molecule has 0 aliphatic carbocycles. The summed E-state index contributed by atoms with van der Waals surface area (Å²) in [6.07, 6.45) is 1.52. The van der Waals surface area contributed by atoms with E-state index in [1.807, 2.05) is 26.0 Å². The van der Waals surface area contributed by atoms with E-state index in [-0.39, 0.29) is 5.92 Å². The first-order chi connectivity index (χ1) is 12.9. The van der Waals surface area contributed by atoms with Crippen molar-refractivity contribution in [1.82, 2.24) is 10.7 Å². The molecule has 7 heteroatoms. The lowest BCUT2D eigenvalue weighted by Crippen LogP contribution is -2.48. The molecule has 1 atom stereocenters. The van der Waals surface area contributed by atoms with Crippen LogP contribution in [0.25, 0.3) is 0 Å². The van der Waals surface area contributed by atoms with Crippen molar-refractivity contribution in [3.63, 3.8) is 0 Å². The highest BCUT2D eigenvalue weighted by Gasteiger charge is 2.25. The summed E-state index contributed by atoms with van der Waals surface area (Å²) in [6.45, 7) is 3.68. The number of hydrogen-bond acceptors (Lipinski definition) is 4. The molecule has 27 heavy (non-hydrogen) atoms. The monoisotopic (exact) mass is 387 g/mol. The van der Waals surface area contributed by atoms with Crippen LogP contribution in [-0.2, 0) is 4.79 Å². The zero-order valence-corrected chi connectivity index (χ0v) is 16.2. The Hall–Kier alpha value is -2.86. The minimum Gasteiger partial charge on any atom is -0.497 e. The minimum absolute atomic E-state index is 0.132. The number of nitrogens with zero attached hydrogens (tertiary/aromatic N) is 1. The van der Waals surface area contributed by atoms with Crippen molar-refractivity contribution in [2.75, 3.05) is 7.11 Å². The van der Waals surface area contributed by atoms with E-state index in [0.29, 0.717) is 10.6 Å². The first-order valence-corrected chi connectivity index (χ1v) is 8.82. The van der Waals surface area contributed by atoms with Crippen molar-refractivity contribution in [1.29, 1.82) is 0 Å². The average Bonchev–Trinajstić information content (AvgIpc) is 2.66. The molecule has 1 unspecified atom stereocenters. The largest absolute Gasteiger partial charge is 0.497 e. The number of carbonyl (C=O) groups excluding carboxylic acids is 2. The lowest BCUT2D eigenvalue weighted by Gasteiger charge is -2.20. The number of rotatable bonds is 7. The number of carbonyl (C=O) groups is 2. The summed E-state index contributed by atoms with van der Waals surface area (Å²) in [7, 11) is 1.59. The van der Waals surface area contributed by atoms with Gasteiger partial charge in [-0.25, -0.2) is 5.43 Å². The number of hydrogen-bond donors (Lipinski definition) is 2. The normalized spacial score (nSPS) is 12.0. The van der Waals surface area contributed by atoms with E-state index < -0.39 is 17.9 Å². The second kappa shape index (κ2) is 9.73. The molecule has 0 saturated carbocycles. The van der Waals surface area contributed by atoms with E-state index in [9.17, 15) is 9.59 Å². The Morgan fingerprint density at radius 3 is 2.37 bits per heavy atom. The van der Waals surface area contributed by atoms with Gasteiger partial charge >= 0.3 is 0 Å². The maximum Gasteiger partial charge on any atom is 0.262 e. The van der Waals surface area contributed by atoms with Crippen molar-refractivity contribution < 1.29 is 14.3 Å². The molecule has 0 aliphatic heterocycles. The second-order valence-electron chi connectivity index (χ2n) is 6.18. The van der Waals surface area contributed by atoms with E-state index in [1.165, 1.54) is 6.21 Å². The van der Waals surface area contributed by atoms with Gasteiger partial charge in [-0.1, -0.05) is 37.6 Å². The summed E-state index contributed by atoms with van der Waals surface area (Å²) >= 11 is 6.04. The molecular formula is C20H22ClN3O3. The van der Waals surface area contributed by atoms with Gasteiger partial charge in [-0.2, -0.15) is 5.10 Å². The molecule has 0 bridgehead atoms. The summed E-state index contributed by atoms with van der Waals surface area (Å²) in [5.41, 5.74) is 3.59. The molecule has 6 nitrogen and oxygen atoms in total. The molecule has 0 spiro atoms. The van der Waals surface area contributed by atoms with Crippen LogP contribution in [0.5, 0.6) is 5.75 Å². The predicted octanol–water partition coefficient (Wildman–Crippen LogP) is 3.25. The Morgan fingerprint density at radius 2 is 1.78 bits per heavy atom. The first kappa shape index (κ1) is 20.5. The molecule has 0 radical (unpaired) electrons. The van der Waals surface area contributed by atoms with Gasteiger partial charge in [0.05, 0.1) is 23.9 Å². The van der Waals surface area contributed by atoms with Crippen LogP contribution in [0.1, 0.15) is 29.8 Å². The van der Waals surface area contributed by atoms with E-state index in [2.05, 4.69) is 15.8 Å². The summed E-state index contributed by atoms with van der Waals surface area (Å²) in [5.74, 6) is -0.213. The third-order valence-corrected chi connectivity index (χ3v) is 4.19. The fourth-order valence-corrected chi connectivity index (χ4v) is 2.55. The van der Waals surface area contributed by atoms with Crippen molar-refractivity contribution in [2.45, 2.75) is 19.9 Å². The lowest BCUT2D eigenvalue weighted by atomic mass is 10.0. The van der Waals surface area contributed by atoms with Crippen LogP contribution in [0, 0.1) is 5.92 Å². The Morgan fingerprint density at radius 1 is 1.11 bits per heavy atom. The SMILES string of the molecule is COc1ccc(C=NNC(=O)C(NC(=O)c2ccccc2Cl)C(C)C)cc1. The fourth-order valence-electron chi connectivity index (χ4n) is 2.33. The summed E-state index contributed by atoms with van der Waals surface area (Å²) in [6, 6.07) is 13.1. The topological polar surface area (TPSA) is 79.8 Å². The van der Waals surface area contributed by atoms with E-state index in [1.54, 1.807) is 43.5 Å². The maximum atomic E-state index is 12.4. The van der Waals surface area contributed by atoms with Gasteiger partial charge in [-0.3, -0.25) is 9.59 Å². The van der Waals surface area contributed by atoms with Crippen LogP contribution >= 0.6 is 11.6 Å². The van der Waals surface area contributed by atoms with Crippen LogP contribution in [0.15, 0.2) is 53.6 Å². The zero-order valence-electron chi connectivity index (χ0n) is 15.4. The zero-order chi connectivity index (χ0) is 19.8. The van der Waals surface area contributed by atoms with E-state index in [0.717, 1.165) is 11.3 Å². The highest BCUT2D eigenvalue weighted by Crippen LogP contribution is 2.15. The van der Waals surface area contributed by atoms with Crippen LogP contribution in [0.4, 0.5) is 0 Å². The molecule has 2 aromatic rings. The molecule has 2 rings (SSSR count). The molecule has 2 aromatic carbocycles. The number of benzene rings is 2. The third-order valence-electron chi connectivity index (χ3n) is 3.86. The number of halogens is 1. The Balaban J connectivity index is 2.00. The third kappa shape index (κ3) is 5.82. The number of nitrogens with one attached hydrogen (secondary N) is 2. The molecule has 0 saturated heterocycles. The molecule has 0 heterocycles. The minimum atomic E-state index is -0.748. The van der Waals surface area contributed by atoms with Crippen LogP contribution < -0.4 is 15.5 Å². The average molecular weight is 388 g/mol. The first-order valence-electron chi connectivity index (χ1n) is 8.44. The quantitative estimate of drug-likeness (QED) is 0.565. The van der Waals surface area contributed by atoms with Gasteiger partial charge in [0.25, 0.3) is 11.8 Å². The van der Waals surface area contributed by atoms with Crippen molar-refractivity contribution in [3.05, 3.63) is 64.7 Å². The van der Waals surface area contributed by atoms with Crippen molar-refractivity contribution in [3.8, 4) is 5.75 Å². The van der Waals surface area contributed by atoms with Crippen LogP contribution in [0.2, 0.25) is 5.02 Å². The molecule has 2 amide bonds. The smallest absolute Gasteiger partial charge is 0.262 e. The molecule has 142 valence electrons. The van der Waals surface area contributed by atoms with Gasteiger partial charge in [0.1, 0.15) is 11.8 Å². The van der Waals surface area contributed by atoms with Gasteiger partial charge < -0.3 is 10.1 Å². The Labute approximate surface area is 163 Å². The van der Waals surface area contributed by atoms with Gasteiger partial charge in [-0.15, -0.1) is 0 Å². The van der Waals surface area contributed by atoms with Crippen molar-refractivity contribution >= 4 is 29.6 Å². The highest BCUT2D eigenvalue weighted by molar-refractivity contribution is 6.33. The van der Waals surface area contributed by atoms with Gasteiger partial charge in [0, 0.05) is 0 Å². The summed E-state index contributed by atoms with van der Waals surface area (Å²) in [5, 5.41) is 7.00. The van der Waals surface area contributed by atoms with Crippen LogP contribution in [0.3, 0.4) is 0 Å². The summed E-state index contributed by atoms with van der Waals surface area (Å²) < 4.78 is 5.09. The number of methoxy groups -OCH3 is 1. The van der Waals surface area contributed by atoms with E-state index >= 15 is 0 Å². The fraction of sp³-hybridized carbons (Fsp3) is 0.250. The van der Waals surface area contributed by atoms with Crippen LogP contribution in [-0.4, -0.2) is 31.2 Å². The molecule has 2 N–H and O–H groups in total. The standard InChI is InChI=1S/C20H22ClN3O3/c1-13(2)18(23-19(25)16-6-4-5-7-17(16)21)20(26)24-22-12-14-8-10-15(27-3)11-9-14/h4-13,18H,1-3H3,(H,23,25)(H,24,26). The Kier molecular flexibility index (Phi) is 7.37. The van der Waals surface area contributed by atoms with Gasteiger partial charge in [-0.05, 0) is 47.9 Å². The second-order valence-corrected chi connectivity index (χ2v) is 6.59. The molecule has 0 aliphatic rings. The Bertz CT molecular complexity index is 819. The summed E-state index contributed by atoms with van der Waals surface area (Å²) in [4.78, 5) is 24.8. The maximum absolute atomic E-state index is 12.4. The molecule has 0 aromatic heterocycles. The highest BCUT2D eigenvalue weighted by atomic mass is 35.5.